The number of piperidine rings is 1. The molecule has 2 rings (SSSR count). The van der Waals surface area contributed by atoms with Gasteiger partial charge in [-0.3, -0.25) is 9.69 Å². The number of ether oxygens (including phenoxy) is 1. The number of rotatable bonds is 4. The molecule has 0 bridgehead atoms. The van der Waals surface area contributed by atoms with E-state index in [-0.39, 0.29) is 0 Å². The molecular formula is C13H16ClNO2. The SMILES string of the molecule is O=C(Cl)c1cccc(OCN2CCCCC2)c1. The van der Waals surface area contributed by atoms with Crippen LogP contribution in [0.15, 0.2) is 24.3 Å². The van der Waals surface area contributed by atoms with Crippen molar-refractivity contribution in [3.05, 3.63) is 29.8 Å². The van der Waals surface area contributed by atoms with Gasteiger partial charge in [0.1, 0.15) is 12.5 Å². The van der Waals surface area contributed by atoms with Gasteiger partial charge in [0.25, 0.3) is 5.24 Å². The van der Waals surface area contributed by atoms with E-state index in [2.05, 4.69) is 4.90 Å². The van der Waals surface area contributed by atoms with Gasteiger partial charge in [-0.2, -0.15) is 0 Å². The van der Waals surface area contributed by atoms with Crippen molar-refractivity contribution in [2.45, 2.75) is 19.3 Å². The molecule has 0 amide bonds. The van der Waals surface area contributed by atoms with E-state index in [1.807, 2.05) is 6.07 Å². The fourth-order valence-electron chi connectivity index (χ4n) is 1.96. The predicted molar refractivity (Wildman–Crippen MR) is 67.5 cm³/mol. The minimum Gasteiger partial charge on any atom is -0.478 e. The Labute approximate surface area is 106 Å². The van der Waals surface area contributed by atoms with Gasteiger partial charge in [-0.05, 0) is 42.6 Å². The van der Waals surface area contributed by atoms with Gasteiger partial charge in [0.05, 0.1) is 0 Å². The van der Waals surface area contributed by atoms with Gasteiger partial charge in [0.15, 0.2) is 0 Å². The molecule has 0 radical (unpaired) electrons. The molecule has 1 aromatic carbocycles. The van der Waals surface area contributed by atoms with Gasteiger partial charge in [-0.15, -0.1) is 0 Å². The number of hydrogen-bond acceptors (Lipinski definition) is 3. The van der Waals surface area contributed by atoms with Crippen LogP contribution in [-0.2, 0) is 0 Å². The summed E-state index contributed by atoms with van der Waals surface area (Å²) < 4.78 is 5.65. The molecule has 1 fully saturated rings. The number of halogens is 1. The van der Waals surface area contributed by atoms with Crippen LogP contribution in [0.3, 0.4) is 0 Å². The standard InChI is InChI=1S/C13H16ClNO2/c14-13(16)11-5-4-6-12(9-11)17-10-15-7-2-1-3-8-15/h4-6,9H,1-3,7-8,10H2. The van der Waals surface area contributed by atoms with E-state index >= 15 is 0 Å². The largest absolute Gasteiger partial charge is 0.478 e. The molecule has 1 saturated heterocycles. The normalized spacial score (nSPS) is 16.8. The first-order valence-corrected chi connectivity index (χ1v) is 6.28. The van der Waals surface area contributed by atoms with Gasteiger partial charge in [-0.25, -0.2) is 0 Å². The summed E-state index contributed by atoms with van der Waals surface area (Å²) in [5.74, 6) is 0.696. The monoisotopic (exact) mass is 253 g/mol. The summed E-state index contributed by atoms with van der Waals surface area (Å²) in [5.41, 5.74) is 0.475. The average molecular weight is 254 g/mol. The quantitative estimate of drug-likeness (QED) is 0.773. The first kappa shape index (κ1) is 12.4. The van der Waals surface area contributed by atoms with Crippen molar-refractivity contribution in [3.8, 4) is 5.75 Å². The van der Waals surface area contributed by atoms with Crippen molar-refractivity contribution in [2.75, 3.05) is 19.8 Å². The number of carbonyl (C=O) groups is 1. The molecule has 4 heteroatoms. The van der Waals surface area contributed by atoms with E-state index in [9.17, 15) is 4.79 Å². The van der Waals surface area contributed by atoms with E-state index < -0.39 is 5.24 Å². The maximum atomic E-state index is 11.0. The summed E-state index contributed by atoms with van der Waals surface area (Å²) in [6, 6.07) is 6.98. The van der Waals surface area contributed by atoms with Crippen LogP contribution in [0, 0.1) is 0 Å². The van der Waals surface area contributed by atoms with Crippen molar-refractivity contribution < 1.29 is 9.53 Å². The first-order valence-electron chi connectivity index (χ1n) is 5.91. The van der Waals surface area contributed by atoms with Crippen LogP contribution in [0.25, 0.3) is 0 Å². The molecule has 1 aromatic rings. The van der Waals surface area contributed by atoms with Crippen molar-refractivity contribution in [1.82, 2.24) is 4.90 Å². The Morgan fingerprint density at radius 3 is 2.76 bits per heavy atom. The Morgan fingerprint density at radius 2 is 2.06 bits per heavy atom. The molecule has 0 N–H and O–H groups in total. The zero-order valence-electron chi connectivity index (χ0n) is 9.69. The minimum atomic E-state index is -0.451. The number of nitrogens with zero attached hydrogens (tertiary/aromatic N) is 1. The highest BCUT2D eigenvalue weighted by molar-refractivity contribution is 6.67. The zero-order chi connectivity index (χ0) is 12.1. The van der Waals surface area contributed by atoms with E-state index in [0.29, 0.717) is 18.0 Å². The fraction of sp³-hybridized carbons (Fsp3) is 0.462. The van der Waals surface area contributed by atoms with Crippen molar-refractivity contribution in [2.24, 2.45) is 0 Å². The second-order valence-corrected chi connectivity index (χ2v) is 4.60. The molecule has 1 heterocycles. The Hall–Kier alpha value is -1.06. The maximum absolute atomic E-state index is 11.0. The lowest BCUT2D eigenvalue weighted by Gasteiger charge is -2.26. The molecule has 0 spiro atoms. The molecule has 1 aliphatic rings. The molecule has 17 heavy (non-hydrogen) atoms. The van der Waals surface area contributed by atoms with E-state index in [1.165, 1.54) is 19.3 Å². The highest BCUT2D eigenvalue weighted by atomic mass is 35.5. The molecule has 92 valence electrons. The molecule has 3 nitrogen and oxygen atoms in total. The van der Waals surface area contributed by atoms with Crippen LogP contribution < -0.4 is 4.74 Å². The molecule has 0 unspecified atom stereocenters. The van der Waals surface area contributed by atoms with Crippen molar-refractivity contribution in [1.29, 1.82) is 0 Å². The highest BCUT2D eigenvalue weighted by Gasteiger charge is 2.10. The van der Waals surface area contributed by atoms with E-state index in [4.69, 9.17) is 16.3 Å². The van der Waals surface area contributed by atoms with Gasteiger partial charge in [-0.1, -0.05) is 12.5 Å². The maximum Gasteiger partial charge on any atom is 0.252 e. The van der Waals surface area contributed by atoms with Gasteiger partial charge in [0, 0.05) is 18.7 Å². The Morgan fingerprint density at radius 1 is 1.29 bits per heavy atom. The third-order valence-corrected chi connectivity index (χ3v) is 3.14. The van der Waals surface area contributed by atoms with Crippen LogP contribution >= 0.6 is 11.6 Å². The minimum absolute atomic E-state index is 0.451. The zero-order valence-corrected chi connectivity index (χ0v) is 10.4. The average Bonchev–Trinajstić information content (AvgIpc) is 2.38. The Bertz CT molecular complexity index is 389. The predicted octanol–water partition coefficient (Wildman–Crippen LogP) is 2.89. The third-order valence-electron chi connectivity index (χ3n) is 2.92. The first-order chi connectivity index (χ1) is 8.25. The molecule has 0 aromatic heterocycles. The summed E-state index contributed by atoms with van der Waals surface area (Å²) in [7, 11) is 0. The van der Waals surface area contributed by atoms with Crippen LogP contribution in [-0.4, -0.2) is 30.0 Å². The van der Waals surface area contributed by atoms with Gasteiger partial charge < -0.3 is 4.74 Å². The van der Waals surface area contributed by atoms with Crippen LogP contribution in [0.5, 0.6) is 5.75 Å². The lowest BCUT2D eigenvalue weighted by Crippen LogP contribution is -2.33. The number of carbonyl (C=O) groups excluding carboxylic acids is 1. The summed E-state index contributed by atoms with van der Waals surface area (Å²) >= 11 is 5.42. The summed E-state index contributed by atoms with van der Waals surface area (Å²) in [5, 5.41) is -0.451. The molecule has 0 atom stereocenters. The summed E-state index contributed by atoms with van der Waals surface area (Å²) in [6.45, 7) is 2.77. The molecule has 0 saturated carbocycles. The second kappa shape index (κ2) is 6.03. The van der Waals surface area contributed by atoms with Gasteiger partial charge in [0.2, 0.25) is 0 Å². The molecular weight excluding hydrogens is 238 g/mol. The lowest BCUT2D eigenvalue weighted by atomic mass is 10.1. The van der Waals surface area contributed by atoms with E-state index in [0.717, 1.165) is 13.1 Å². The van der Waals surface area contributed by atoms with Crippen molar-refractivity contribution in [3.63, 3.8) is 0 Å². The second-order valence-electron chi connectivity index (χ2n) is 4.25. The molecule has 0 aliphatic carbocycles. The Kier molecular flexibility index (Phi) is 4.40. The van der Waals surface area contributed by atoms with Crippen LogP contribution in [0.2, 0.25) is 0 Å². The van der Waals surface area contributed by atoms with Crippen LogP contribution in [0.4, 0.5) is 0 Å². The third kappa shape index (κ3) is 3.72. The topological polar surface area (TPSA) is 29.5 Å². The lowest BCUT2D eigenvalue weighted by molar-refractivity contribution is 0.105. The molecule has 1 aliphatic heterocycles. The number of benzene rings is 1. The fourth-order valence-corrected chi connectivity index (χ4v) is 2.08. The van der Waals surface area contributed by atoms with Crippen LogP contribution in [0.1, 0.15) is 29.6 Å². The smallest absolute Gasteiger partial charge is 0.252 e. The summed E-state index contributed by atoms with van der Waals surface area (Å²) in [4.78, 5) is 13.3. The Balaban J connectivity index is 1.89. The van der Waals surface area contributed by atoms with Gasteiger partial charge >= 0.3 is 0 Å². The number of hydrogen-bond donors (Lipinski definition) is 0. The van der Waals surface area contributed by atoms with E-state index in [1.54, 1.807) is 18.2 Å². The number of likely N-dealkylation sites (tertiary alicyclic amines) is 1. The highest BCUT2D eigenvalue weighted by Crippen LogP contribution is 2.16. The van der Waals surface area contributed by atoms with Crippen molar-refractivity contribution >= 4 is 16.8 Å². The summed E-state index contributed by atoms with van der Waals surface area (Å²) in [6.07, 6.45) is 3.79.